The van der Waals surface area contributed by atoms with E-state index in [0.29, 0.717) is 32.0 Å². The first-order chi connectivity index (χ1) is 12.1. The molecule has 2 unspecified atom stereocenters. The molecule has 1 aliphatic heterocycles. The van der Waals surface area contributed by atoms with Crippen LogP contribution in [0.25, 0.3) is 0 Å². The first-order valence-electron chi connectivity index (χ1n) is 8.26. The van der Waals surface area contributed by atoms with Gasteiger partial charge in [0.1, 0.15) is 30.1 Å². The predicted octanol–water partition coefficient (Wildman–Crippen LogP) is 2.78. The zero-order chi connectivity index (χ0) is 17.6. The molecule has 1 saturated heterocycles. The average molecular weight is 349 g/mol. The maximum atomic E-state index is 13.4. The van der Waals surface area contributed by atoms with E-state index in [1.165, 1.54) is 36.4 Å². The van der Waals surface area contributed by atoms with Gasteiger partial charge in [0, 0.05) is 19.6 Å². The number of hydrogen-bond acceptors (Lipinski definition) is 4. The summed E-state index contributed by atoms with van der Waals surface area (Å²) in [5.74, 6) is -0.101. The summed E-state index contributed by atoms with van der Waals surface area (Å²) < 4.78 is 37.4. The van der Waals surface area contributed by atoms with Gasteiger partial charge in [-0.2, -0.15) is 0 Å². The third-order valence-corrected chi connectivity index (χ3v) is 4.10. The SMILES string of the molecule is OC(COc1ccc(F)cc1)CN1CCOC(c2cccc(F)c2)C1. The van der Waals surface area contributed by atoms with Gasteiger partial charge in [0.15, 0.2) is 0 Å². The minimum absolute atomic E-state index is 0.119. The topological polar surface area (TPSA) is 41.9 Å². The Labute approximate surface area is 145 Å². The van der Waals surface area contributed by atoms with Crippen molar-refractivity contribution in [3.8, 4) is 5.75 Å². The van der Waals surface area contributed by atoms with Crippen LogP contribution in [0.15, 0.2) is 48.5 Å². The van der Waals surface area contributed by atoms with Crippen LogP contribution in [-0.4, -0.2) is 49.0 Å². The second-order valence-electron chi connectivity index (χ2n) is 6.09. The van der Waals surface area contributed by atoms with Crippen molar-refractivity contribution in [2.45, 2.75) is 12.2 Å². The Hall–Kier alpha value is -2.02. The molecule has 6 heteroatoms. The van der Waals surface area contributed by atoms with Crippen molar-refractivity contribution in [3.63, 3.8) is 0 Å². The molecule has 0 amide bonds. The van der Waals surface area contributed by atoms with E-state index >= 15 is 0 Å². The van der Waals surface area contributed by atoms with Crippen molar-refractivity contribution in [1.29, 1.82) is 0 Å². The van der Waals surface area contributed by atoms with E-state index < -0.39 is 6.10 Å². The summed E-state index contributed by atoms with van der Waals surface area (Å²) in [5, 5.41) is 10.2. The fraction of sp³-hybridized carbons (Fsp3) is 0.368. The second kappa shape index (κ2) is 8.38. The number of hydrogen-bond donors (Lipinski definition) is 1. The van der Waals surface area contributed by atoms with Gasteiger partial charge < -0.3 is 14.6 Å². The highest BCUT2D eigenvalue weighted by Gasteiger charge is 2.24. The molecule has 2 aromatic carbocycles. The van der Waals surface area contributed by atoms with Crippen molar-refractivity contribution in [2.24, 2.45) is 0 Å². The molecular weight excluding hydrogens is 328 g/mol. The minimum atomic E-state index is -0.684. The highest BCUT2D eigenvalue weighted by Crippen LogP contribution is 2.23. The molecule has 2 aromatic rings. The van der Waals surface area contributed by atoms with Gasteiger partial charge in [-0.3, -0.25) is 4.90 Å². The van der Waals surface area contributed by atoms with E-state index in [1.807, 2.05) is 6.07 Å². The molecule has 25 heavy (non-hydrogen) atoms. The van der Waals surface area contributed by atoms with Gasteiger partial charge in [-0.15, -0.1) is 0 Å². The molecule has 4 nitrogen and oxygen atoms in total. The summed E-state index contributed by atoms with van der Waals surface area (Å²) in [6, 6.07) is 12.1. The van der Waals surface area contributed by atoms with Crippen LogP contribution in [-0.2, 0) is 4.74 Å². The fourth-order valence-electron chi connectivity index (χ4n) is 2.85. The van der Waals surface area contributed by atoms with E-state index in [-0.39, 0.29) is 24.3 Å². The summed E-state index contributed by atoms with van der Waals surface area (Å²) in [5.41, 5.74) is 0.793. The number of β-amino-alcohol motifs (C(OH)–C–C–N with tert-alkyl or cyclic N) is 1. The quantitative estimate of drug-likeness (QED) is 0.871. The van der Waals surface area contributed by atoms with Crippen LogP contribution in [0.5, 0.6) is 5.75 Å². The van der Waals surface area contributed by atoms with Crippen LogP contribution in [0.4, 0.5) is 8.78 Å². The van der Waals surface area contributed by atoms with Gasteiger partial charge in [0.05, 0.1) is 12.7 Å². The number of benzene rings is 2. The lowest BCUT2D eigenvalue weighted by Gasteiger charge is -2.34. The predicted molar refractivity (Wildman–Crippen MR) is 89.4 cm³/mol. The summed E-state index contributed by atoms with van der Waals surface area (Å²) in [6.45, 7) is 2.34. The lowest BCUT2D eigenvalue weighted by Crippen LogP contribution is -2.43. The molecule has 0 spiro atoms. The molecule has 1 heterocycles. The summed E-state index contributed by atoms with van der Waals surface area (Å²) in [7, 11) is 0. The Morgan fingerprint density at radius 2 is 1.96 bits per heavy atom. The first-order valence-corrected chi connectivity index (χ1v) is 8.26. The normalized spacial score (nSPS) is 19.6. The van der Waals surface area contributed by atoms with Gasteiger partial charge in [-0.05, 0) is 42.0 Å². The van der Waals surface area contributed by atoms with Crippen LogP contribution in [0.1, 0.15) is 11.7 Å². The fourth-order valence-corrected chi connectivity index (χ4v) is 2.85. The van der Waals surface area contributed by atoms with Crippen LogP contribution >= 0.6 is 0 Å². The largest absolute Gasteiger partial charge is 0.491 e. The summed E-state index contributed by atoms with van der Waals surface area (Å²) in [6.07, 6.45) is -0.897. The maximum Gasteiger partial charge on any atom is 0.123 e. The average Bonchev–Trinajstić information content (AvgIpc) is 2.61. The molecule has 134 valence electrons. The van der Waals surface area contributed by atoms with E-state index in [1.54, 1.807) is 6.07 Å². The van der Waals surface area contributed by atoms with E-state index in [2.05, 4.69) is 4.90 Å². The lowest BCUT2D eigenvalue weighted by molar-refractivity contribution is -0.0460. The zero-order valence-electron chi connectivity index (χ0n) is 13.8. The molecule has 0 aromatic heterocycles. The molecule has 1 aliphatic rings. The number of aliphatic hydroxyl groups is 1. The van der Waals surface area contributed by atoms with E-state index in [9.17, 15) is 13.9 Å². The molecule has 0 saturated carbocycles. The molecule has 0 radical (unpaired) electrons. The number of morpholine rings is 1. The third-order valence-electron chi connectivity index (χ3n) is 4.10. The van der Waals surface area contributed by atoms with Crippen molar-refractivity contribution in [1.82, 2.24) is 4.90 Å². The number of nitrogens with zero attached hydrogens (tertiary/aromatic N) is 1. The summed E-state index contributed by atoms with van der Waals surface area (Å²) in [4.78, 5) is 2.07. The van der Waals surface area contributed by atoms with Crippen molar-refractivity contribution >= 4 is 0 Å². The van der Waals surface area contributed by atoms with Gasteiger partial charge in [-0.25, -0.2) is 8.78 Å². The van der Waals surface area contributed by atoms with E-state index in [4.69, 9.17) is 9.47 Å². The van der Waals surface area contributed by atoms with Crippen LogP contribution in [0.2, 0.25) is 0 Å². The number of rotatable bonds is 6. The van der Waals surface area contributed by atoms with E-state index in [0.717, 1.165) is 5.56 Å². The van der Waals surface area contributed by atoms with Gasteiger partial charge in [-0.1, -0.05) is 12.1 Å². The third kappa shape index (κ3) is 5.22. The number of halogens is 2. The molecule has 2 atom stereocenters. The molecule has 0 aliphatic carbocycles. The second-order valence-corrected chi connectivity index (χ2v) is 6.09. The first kappa shape index (κ1) is 17.8. The molecule has 0 bridgehead atoms. The van der Waals surface area contributed by atoms with Crippen molar-refractivity contribution < 1.29 is 23.4 Å². The van der Waals surface area contributed by atoms with Crippen LogP contribution < -0.4 is 4.74 Å². The molecule has 1 N–H and O–H groups in total. The molecule has 3 rings (SSSR count). The Morgan fingerprint density at radius 3 is 2.72 bits per heavy atom. The standard InChI is InChI=1S/C19H21F2NO3/c20-15-4-6-18(7-5-15)25-13-17(23)11-22-8-9-24-19(12-22)14-2-1-3-16(21)10-14/h1-7,10,17,19,23H,8-9,11-13H2. The highest BCUT2D eigenvalue weighted by atomic mass is 19.1. The van der Waals surface area contributed by atoms with Crippen molar-refractivity contribution in [3.05, 3.63) is 65.7 Å². The van der Waals surface area contributed by atoms with Crippen LogP contribution in [0.3, 0.4) is 0 Å². The Morgan fingerprint density at radius 1 is 1.16 bits per heavy atom. The molecular formula is C19H21F2NO3. The maximum absolute atomic E-state index is 13.4. The van der Waals surface area contributed by atoms with Gasteiger partial charge in [0.25, 0.3) is 0 Å². The zero-order valence-corrected chi connectivity index (χ0v) is 13.8. The highest BCUT2D eigenvalue weighted by molar-refractivity contribution is 5.22. The minimum Gasteiger partial charge on any atom is -0.491 e. The lowest BCUT2D eigenvalue weighted by atomic mass is 10.1. The Balaban J connectivity index is 1.49. The van der Waals surface area contributed by atoms with Crippen molar-refractivity contribution in [2.75, 3.05) is 32.8 Å². The number of aliphatic hydroxyl groups excluding tert-OH is 1. The number of ether oxygens (including phenoxy) is 2. The monoisotopic (exact) mass is 349 g/mol. The Bertz CT molecular complexity index is 681. The van der Waals surface area contributed by atoms with Crippen LogP contribution in [0, 0.1) is 11.6 Å². The summed E-state index contributed by atoms with van der Waals surface area (Å²) >= 11 is 0. The van der Waals surface area contributed by atoms with Gasteiger partial charge >= 0.3 is 0 Å². The Kier molecular flexibility index (Phi) is 5.96. The smallest absolute Gasteiger partial charge is 0.123 e. The van der Waals surface area contributed by atoms with Gasteiger partial charge in [0.2, 0.25) is 0 Å². The molecule has 1 fully saturated rings.